The van der Waals surface area contributed by atoms with E-state index >= 15 is 0 Å². The van der Waals surface area contributed by atoms with Gasteiger partial charge in [0.15, 0.2) is 5.78 Å². The molecule has 24 heavy (non-hydrogen) atoms. The number of para-hydroxylation sites is 1. The van der Waals surface area contributed by atoms with E-state index in [0.29, 0.717) is 11.5 Å². The van der Waals surface area contributed by atoms with E-state index in [2.05, 4.69) is 48.7 Å². The first kappa shape index (κ1) is 16.1. The van der Waals surface area contributed by atoms with Gasteiger partial charge in [0.05, 0.1) is 5.56 Å². The van der Waals surface area contributed by atoms with Crippen LogP contribution in [0.5, 0.6) is 5.75 Å². The largest absolute Gasteiger partial charge is 0.507 e. The molecule has 0 saturated carbocycles. The lowest BCUT2D eigenvalue weighted by atomic mass is 10.0. The van der Waals surface area contributed by atoms with Gasteiger partial charge in [-0.05, 0) is 37.0 Å². The number of rotatable bonds is 4. The van der Waals surface area contributed by atoms with Crippen molar-refractivity contribution in [3.8, 4) is 5.75 Å². The highest BCUT2D eigenvalue weighted by Gasteiger charge is 2.18. The zero-order valence-corrected chi connectivity index (χ0v) is 13.7. The predicted octanol–water partition coefficient (Wildman–Crippen LogP) is 4.09. The molecule has 3 heteroatoms. The third-order valence-corrected chi connectivity index (χ3v) is 4.19. The van der Waals surface area contributed by atoms with Crippen molar-refractivity contribution in [1.29, 1.82) is 0 Å². The first-order chi connectivity index (χ1) is 11.6. The molecule has 0 aromatic heterocycles. The molecule has 0 amide bonds. The molecule has 1 atom stereocenters. The summed E-state index contributed by atoms with van der Waals surface area (Å²) in [5, 5.41) is 13.0. The molecule has 0 bridgehead atoms. The molecular formula is C21H21NO2. The van der Waals surface area contributed by atoms with Gasteiger partial charge in [-0.2, -0.15) is 0 Å². The maximum Gasteiger partial charge on any atom is 0.191 e. The average molecular weight is 319 g/mol. The molecular weight excluding hydrogens is 298 g/mol. The number of hydrogen-bond donors (Lipinski definition) is 2. The lowest BCUT2D eigenvalue weighted by molar-refractivity contribution is 0.104. The van der Waals surface area contributed by atoms with Crippen LogP contribution in [0.15, 0.2) is 66.4 Å². The number of aryl methyl sites for hydroxylation is 1. The van der Waals surface area contributed by atoms with Gasteiger partial charge in [0, 0.05) is 18.3 Å². The highest BCUT2D eigenvalue weighted by molar-refractivity contribution is 6.06. The summed E-state index contributed by atoms with van der Waals surface area (Å²) in [7, 11) is 0. The Hall–Kier alpha value is -2.81. The van der Waals surface area contributed by atoms with E-state index in [9.17, 15) is 9.90 Å². The van der Waals surface area contributed by atoms with Gasteiger partial charge < -0.3 is 10.4 Å². The van der Waals surface area contributed by atoms with Gasteiger partial charge in [0.25, 0.3) is 0 Å². The molecule has 1 aliphatic heterocycles. The third kappa shape index (κ3) is 3.93. The zero-order chi connectivity index (χ0) is 16.9. The number of carbonyl (C=O) groups excluding carboxylic acids is 1. The van der Waals surface area contributed by atoms with E-state index in [1.165, 1.54) is 17.2 Å². The quantitative estimate of drug-likeness (QED) is 0.659. The first-order valence-corrected chi connectivity index (χ1v) is 8.13. The van der Waals surface area contributed by atoms with Crippen molar-refractivity contribution < 1.29 is 9.90 Å². The molecule has 1 fully saturated rings. The maximum absolute atomic E-state index is 12.2. The van der Waals surface area contributed by atoms with Gasteiger partial charge >= 0.3 is 0 Å². The molecule has 1 heterocycles. The van der Waals surface area contributed by atoms with Crippen molar-refractivity contribution in [3.05, 3.63) is 83.1 Å². The van der Waals surface area contributed by atoms with Gasteiger partial charge in [0.2, 0.25) is 0 Å². The summed E-state index contributed by atoms with van der Waals surface area (Å²) in [6.07, 6.45) is 6.71. The van der Waals surface area contributed by atoms with Gasteiger partial charge in [0.1, 0.15) is 5.75 Å². The Kier molecular flexibility index (Phi) is 4.80. The number of phenols is 1. The number of hydrogen-bond acceptors (Lipinski definition) is 3. The molecule has 3 rings (SSSR count). The van der Waals surface area contributed by atoms with E-state index in [1.54, 1.807) is 24.3 Å². The van der Waals surface area contributed by atoms with Crippen molar-refractivity contribution in [1.82, 2.24) is 5.32 Å². The maximum atomic E-state index is 12.2. The molecule has 2 aromatic carbocycles. The summed E-state index contributed by atoms with van der Waals surface area (Å²) >= 11 is 0. The number of ketones is 1. The summed E-state index contributed by atoms with van der Waals surface area (Å²) < 4.78 is 0. The van der Waals surface area contributed by atoms with Gasteiger partial charge in [-0.1, -0.05) is 54.1 Å². The summed E-state index contributed by atoms with van der Waals surface area (Å²) in [5.41, 5.74) is 3.69. The molecule has 2 aromatic rings. The van der Waals surface area contributed by atoms with Crippen LogP contribution in [0.1, 0.15) is 27.9 Å². The minimum atomic E-state index is -0.168. The lowest BCUT2D eigenvalue weighted by Crippen LogP contribution is -2.08. The molecule has 1 saturated heterocycles. The Balaban J connectivity index is 1.63. The Bertz CT molecular complexity index is 788. The topological polar surface area (TPSA) is 49.3 Å². The van der Waals surface area contributed by atoms with Gasteiger partial charge in [-0.15, -0.1) is 0 Å². The van der Waals surface area contributed by atoms with Crippen LogP contribution in [0.2, 0.25) is 0 Å². The monoisotopic (exact) mass is 319 g/mol. The predicted molar refractivity (Wildman–Crippen MR) is 96.8 cm³/mol. The summed E-state index contributed by atoms with van der Waals surface area (Å²) in [6, 6.07) is 15.0. The van der Waals surface area contributed by atoms with E-state index in [0.717, 1.165) is 18.7 Å². The van der Waals surface area contributed by atoms with Crippen LogP contribution < -0.4 is 5.32 Å². The van der Waals surface area contributed by atoms with Crippen molar-refractivity contribution in [3.63, 3.8) is 0 Å². The highest BCUT2D eigenvalue weighted by Crippen LogP contribution is 2.22. The number of carbonyl (C=O) groups is 1. The van der Waals surface area contributed by atoms with Crippen molar-refractivity contribution in [2.45, 2.75) is 13.3 Å². The molecule has 2 N–H and O–H groups in total. The average Bonchev–Trinajstić information content (AvgIpc) is 3.02. The number of phenolic OH excluding ortho intramolecular Hbond substituents is 1. The van der Waals surface area contributed by atoms with E-state index in [-0.39, 0.29) is 11.5 Å². The molecule has 1 aliphatic rings. The normalized spacial score (nSPS) is 18.9. The molecule has 0 spiro atoms. The van der Waals surface area contributed by atoms with Crippen LogP contribution in [-0.2, 0) is 0 Å². The second kappa shape index (κ2) is 7.18. The van der Waals surface area contributed by atoms with E-state index in [4.69, 9.17) is 0 Å². The van der Waals surface area contributed by atoms with Crippen LogP contribution in [0.3, 0.4) is 0 Å². The third-order valence-electron chi connectivity index (χ3n) is 4.19. The van der Waals surface area contributed by atoms with E-state index in [1.807, 2.05) is 0 Å². The summed E-state index contributed by atoms with van der Waals surface area (Å²) in [4.78, 5) is 12.2. The number of benzene rings is 2. The Labute approximate surface area is 142 Å². The fourth-order valence-corrected chi connectivity index (χ4v) is 2.78. The van der Waals surface area contributed by atoms with Crippen LogP contribution in [0.25, 0.3) is 6.08 Å². The number of aromatic hydroxyl groups is 1. The fraction of sp³-hybridized carbons (Fsp3) is 0.190. The van der Waals surface area contributed by atoms with Crippen molar-refractivity contribution in [2.24, 2.45) is 5.92 Å². The van der Waals surface area contributed by atoms with Crippen LogP contribution in [0.4, 0.5) is 0 Å². The van der Waals surface area contributed by atoms with Crippen molar-refractivity contribution in [2.75, 3.05) is 6.54 Å². The first-order valence-electron chi connectivity index (χ1n) is 8.13. The van der Waals surface area contributed by atoms with Crippen LogP contribution in [0, 0.1) is 12.8 Å². The Morgan fingerprint density at radius 1 is 1.17 bits per heavy atom. The van der Waals surface area contributed by atoms with Gasteiger partial charge in [-0.25, -0.2) is 0 Å². The fourth-order valence-electron chi connectivity index (χ4n) is 2.78. The molecule has 1 unspecified atom stereocenters. The lowest BCUT2D eigenvalue weighted by Gasteiger charge is -2.01. The number of nitrogens with one attached hydrogen (secondary N) is 1. The Morgan fingerprint density at radius 2 is 1.92 bits per heavy atom. The van der Waals surface area contributed by atoms with Crippen molar-refractivity contribution >= 4 is 11.9 Å². The number of allylic oxidation sites excluding steroid dienone is 2. The highest BCUT2D eigenvalue weighted by atomic mass is 16.3. The zero-order valence-electron chi connectivity index (χ0n) is 13.7. The molecule has 0 radical (unpaired) electrons. The summed E-state index contributed by atoms with van der Waals surface area (Å²) in [5.74, 6) is 0.224. The van der Waals surface area contributed by atoms with Crippen LogP contribution in [-0.4, -0.2) is 17.4 Å². The molecule has 3 nitrogen and oxygen atoms in total. The molecule has 122 valence electrons. The standard InChI is InChI=1S/C21H21NO2/c1-15-6-8-16(9-7-15)10-11-17-12-18(22-14-17)13-21(24)19-4-2-3-5-20(19)23/h2-11,13,17,22-23H,12,14H2,1H3/b11-10+,18-13-. The minimum Gasteiger partial charge on any atom is -0.507 e. The summed E-state index contributed by atoms with van der Waals surface area (Å²) in [6.45, 7) is 2.90. The van der Waals surface area contributed by atoms with Gasteiger partial charge in [-0.3, -0.25) is 4.79 Å². The second-order valence-corrected chi connectivity index (χ2v) is 6.17. The molecule has 0 aliphatic carbocycles. The Morgan fingerprint density at radius 3 is 2.67 bits per heavy atom. The minimum absolute atomic E-state index is 0.0214. The van der Waals surface area contributed by atoms with E-state index < -0.39 is 0 Å². The second-order valence-electron chi connectivity index (χ2n) is 6.17. The SMILES string of the molecule is Cc1ccc(/C=C/C2CN/C(=C\C(=O)c3ccccc3O)C2)cc1. The smallest absolute Gasteiger partial charge is 0.191 e. The van der Waals surface area contributed by atoms with Crippen LogP contribution >= 0.6 is 0 Å².